The second-order valence-corrected chi connectivity index (χ2v) is 4.93. The molecule has 2 amide bonds. The largest absolute Gasteiger partial charge is 0.493 e. The summed E-state index contributed by atoms with van der Waals surface area (Å²) in [6.45, 7) is 0.560. The van der Waals surface area contributed by atoms with Crippen molar-refractivity contribution in [3.05, 3.63) is 23.8 Å². The third-order valence-corrected chi connectivity index (χ3v) is 3.58. The summed E-state index contributed by atoms with van der Waals surface area (Å²) >= 11 is 0. The number of hydrogen-bond acceptors (Lipinski definition) is 5. The smallest absolute Gasteiger partial charge is 0.410 e. The van der Waals surface area contributed by atoms with Crippen LogP contribution in [0.5, 0.6) is 11.5 Å². The number of ether oxygens (including phenoxy) is 3. The van der Waals surface area contributed by atoms with Crippen LogP contribution < -0.4 is 14.8 Å². The van der Waals surface area contributed by atoms with Crippen molar-refractivity contribution < 1.29 is 23.8 Å². The third kappa shape index (κ3) is 3.41. The Balaban J connectivity index is 1.86. The molecule has 0 spiro atoms. The first-order chi connectivity index (χ1) is 10.6. The van der Waals surface area contributed by atoms with Crippen molar-refractivity contribution in [3.63, 3.8) is 0 Å². The van der Waals surface area contributed by atoms with Gasteiger partial charge in [0, 0.05) is 13.6 Å². The summed E-state index contributed by atoms with van der Waals surface area (Å²) in [5.41, 5.74) is 1.02. The van der Waals surface area contributed by atoms with Gasteiger partial charge < -0.3 is 19.5 Å². The lowest BCUT2D eigenvalue weighted by molar-refractivity contribution is -0.124. The fraction of sp³-hybridized carbons (Fsp3) is 0.467. The van der Waals surface area contributed by atoms with E-state index in [4.69, 9.17) is 14.2 Å². The monoisotopic (exact) mass is 308 g/mol. The Labute approximate surface area is 129 Å². The van der Waals surface area contributed by atoms with Gasteiger partial charge in [0.25, 0.3) is 0 Å². The number of nitrogens with zero attached hydrogens (tertiary/aromatic N) is 1. The van der Waals surface area contributed by atoms with Crippen molar-refractivity contribution in [1.29, 1.82) is 0 Å². The molecule has 0 saturated carbocycles. The minimum absolute atomic E-state index is 0.0948. The molecule has 2 rings (SSSR count). The summed E-state index contributed by atoms with van der Waals surface area (Å²) in [5, 5.41) is 2.81. The molecule has 120 valence electrons. The molecular weight excluding hydrogens is 288 g/mol. The van der Waals surface area contributed by atoms with E-state index in [0.29, 0.717) is 24.5 Å². The van der Waals surface area contributed by atoms with Crippen LogP contribution in [-0.2, 0) is 16.0 Å². The number of carbonyl (C=O) groups is 2. The molecule has 7 heteroatoms. The molecule has 0 bridgehead atoms. The van der Waals surface area contributed by atoms with Crippen LogP contribution in [0.1, 0.15) is 5.56 Å². The van der Waals surface area contributed by atoms with Crippen LogP contribution in [0, 0.1) is 0 Å². The van der Waals surface area contributed by atoms with Crippen LogP contribution in [0.25, 0.3) is 0 Å². The van der Waals surface area contributed by atoms with E-state index in [1.165, 1.54) is 4.90 Å². The summed E-state index contributed by atoms with van der Waals surface area (Å²) in [4.78, 5) is 24.5. The summed E-state index contributed by atoms with van der Waals surface area (Å²) in [6.07, 6.45) is 0.178. The maximum atomic E-state index is 12.0. The minimum Gasteiger partial charge on any atom is -0.493 e. The molecule has 1 fully saturated rings. The Kier molecular flexibility index (Phi) is 5.08. The van der Waals surface area contributed by atoms with E-state index < -0.39 is 12.1 Å². The Bertz CT molecular complexity index is 561. The number of methoxy groups -OCH3 is 2. The van der Waals surface area contributed by atoms with Crippen molar-refractivity contribution in [1.82, 2.24) is 10.2 Å². The van der Waals surface area contributed by atoms with Gasteiger partial charge in [-0.2, -0.15) is 0 Å². The highest BCUT2D eigenvalue weighted by Crippen LogP contribution is 2.27. The maximum absolute atomic E-state index is 12.0. The molecule has 7 nitrogen and oxygen atoms in total. The Morgan fingerprint density at radius 1 is 1.36 bits per heavy atom. The third-order valence-electron chi connectivity index (χ3n) is 3.58. The highest BCUT2D eigenvalue weighted by molar-refractivity contribution is 5.87. The highest BCUT2D eigenvalue weighted by atomic mass is 16.6. The molecule has 1 aromatic rings. The van der Waals surface area contributed by atoms with Gasteiger partial charge >= 0.3 is 6.09 Å². The molecule has 1 heterocycles. The standard InChI is InChI=1S/C15H20N2O5/c1-17-11(9-22-15(17)19)14(18)16-7-6-10-4-5-12(20-2)13(8-10)21-3/h4-5,8,11H,6-7,9H2,1-3H3,(H,16,18). The first-order valence-electron chi connectivity index (χ1n) is 6.95. The first-order valence-corrected chi connectivity index (χ1v) is 6.95. The van der Waals surface area contributed by atoms with Gasteiger partial charge in [-0.3, -0.25) is 9.69 Å². The summed E-state index contributed by atoms with van der Waals surface area (Å²) in [5.74, 6) is 1.10. The summed E-state index contributed by atoms with van der Waals surface area (Å²) in [7, 11) is 4.71. The average molecular weight is 308 g/mol. The SMILES string of the molecule is COc1ccc(CCNC(=O)C2COC(=O)N2C)cc1OC. The Morgan fingerprint density at radius 3 is 2.68 bits per heavy atom. The molecule has 1 atom stereocenters. The van der Waals surface area contributed by atoms with Crippen molar-refractivity contribution in [3.8, 4) is 11.5 Å². The predicted octanol–water partition coefficient (Wildman–Crippen LogP) is 0.813. The van der Waals surface area contributed by atoms with E-state index in [1.54, 1.807) is 21.3 Å². The van der Waals surface area contributed by atoms with Crippen LogP contribution >= 0.6 is 0 Å². The summed E-state index contributed by atoms with van der Waals surface area (Å²) in [6, 6.07) is 5.06. The second kappa shape index (κ2) is 7.02. The Hall–Kier alpha value is -2.44. The van der Waals surface area contributed by atoms with Gasteiger partial charge in [0.1, 0.15) is 12.6 Å². The van der Waals surface area contributed by atoms with Crippen molar-refractivity contribution >= 4 is 12.0 Å². The maximum Gasteiger partial charge on any atom is 0.410 e. The summed E-state index contributed by atoms with van der Waals surface area (Å²) < 4.78 is 15.2. The van der Waals surface area contributed by atoms with Crippen molar-refractivity contribution in [2.24, 2.45) is 0 Å². The fourth-order valence-corrected chi connectivity index (χ4v) is 2.23. The zero-order valence-electron chi connectivity index (χ0n) is 12.9. The minimum atomic E-state index is -0.557. The fourth-order valence-electron chi connectivity index (χ4n) is 2.23. The van der Waals surface area contributed by atoms with Gasteiger partial charge in [0.05, 0.1) is 14.2 Å². The Morgan fingerprint density at radius 2 is 2.09 bits per heavy atom. The normalized spacial score (nSPS) is 17.1. The number of likely N-dealkylation sites (N-methyl/N-ethyl adjacent to an activating group) is 1. The quantitative estimate of drug-likeness (QED) is 0.841. The van der Waals surface area contributed by atoms with Gasteiger partial charge in [0.15, 0.2) is 11.5 Å². The van der Waals surface area contributed by atoms with E-state index in [0.717, 1.165) is 5.56 Å². The van der Waals surface area contributed by atoms with Crippen LogP contribution in [0.2, 0.25) is 0 Å². The lowest BCUT2D eigenvalue weighted by Crippen LogP contribution is -2.44. The van der Waals surface area contributed by atoms with Gasteiger partial charge in [-0.05, 0) is 24.1 Å². The molecular formula is C15H20N2O5. The molecule has 0 radical (unpaired) electrons. The molecule has 22 heavy (non-hydrogen) atoms. The molecule has 1 saturated heterocycles. The second-order valence-electron chi connectivity index (χ2n) is 4.93. The van der Waals surface area contributed by atoms with Gasteiger partial charge in [-0.25, -0.2) is 4.79 Å². The molecule has 1 unspecified atom stereocenters. The number of cyclic esters (lactones) is 1. The predicted molar refractivity (Wildman–Crippen MR) is 79.2 cm³/mol. The number of hydrogen-bond donors (Lipinski definition) is 1. The van der Waals surface area contributed by atoms with E-state index in [9.17, 15) is 9.59 Å². The molecule has 1 aliphatic heterocycles. The van der Waals surface area contributed by atoms with Crippen LogP contribution in [0.15, 0.2) is 18.2 Å². The van der Waals surface area contributed by atoms with E-state index in [1.807, 2.05) is 18.2 Å². The first kappa shape index (κ1) is 15.9. The van der Waals surface area contributed by atoms with E-state index in [-0.39, 0.29) is 12.5 Å². The molecule has 1 N–H and O–H groups in total. The molecule has 0 aliphatic carbocycles. The number of nitrogens with one attached hydrogen (secondary N) is 1. The van der Waals surface area contributed by atoms with Crippen LogP contribution in [-0.4, -0.2) is 57.4 Å². The lowest BCUT2D eigenvalue weighted by atomic mass is 10.1. The van der Waals surface area contributed by atoms with Gasteiger partial charge in [0.2, 0.25) is 5.91 Å². The zero-order valence-corrected chi connectivity index (χ0v) is 12.9. The zero-order chi connectivity index (χ0) is 16.1. The molecule has 1 aliphatic rings. The van der Waals surface area contributed by atoms with Crippen LogP contribution in [0.4, 0.5) is 4.79 Å². The number of benzene rings is 1. The number of amides is 2. The molecule has 1 aromatic carbocycles. The van der Waals surface area contributed by atoms with E-state index >= 15 is 0 Å². The average Bonchev–Trinajstić information content (AvgIpc) is 2.86. The van der Waals surface area contributed by atoms with Gasteiger partial charge in [-0.1, -0.05) is 6.07 Å². The van der Waals surface area contributed by atoms with Crippen molar-refractivity contribution in [2.45, 2.75) is 12.5 Å². The number of rotatable bonds is 6. The number of carbonyl (C=O) groups excluding carboxylic acids is 2. The van der Waals surface area contributed by atoms with Gasteiger partial charge in [-0.15, -0.1) is 0 Å². The van der Waals surface area contributed by atoms with Crippen molar-refractivity contribution in [2.75, 3.05) is 34.4 Å². The molecule has 0 aromatic heterocycles. The highest BCUT2D eigenvalue weighted by Gasteiger charge is 2.34. The lowest BCUT2D eigenvalue weighted by Gasteiger charge is -2.15. The topological polar surface area (TPSA) is 77.1 Å². The van der Waals surface area contributed by atoms with E-state index in [2.05, 4.69) is 5.32 Å². The van der Waals surface area contributed by atoms with Crippen LogP contribution in [0.3, 0.4) is 0 Å².